The highest BCUT2D eigenvalue weighted by atomic mass is 16.5. The fourth-order valence-corrected chi connectivity index (χ4v) is 4.35. The zero-order valence-electron chi connectivity index (χ0n) is 17.5. The fourth-order valence-electron chi connectivity index (χ4n) is 4.35. The van der Waals surface area contributed by atoms with E-state index in [0.29, 0.717) is 26.1 Å². The van der Waals surface area contributed by atoms with Gasteiger partial charge in [-0.25, -0.2) is 4.98 Å². The summed E-state index contributed by atoms with van der Waals surface area (Å²) in [5.74, 6) is 0.0183. The first-order valence-corrected chi connectivity index (χ1v) is 10.6. The van der Waals surface area contributed by atoms with Gasteiger partial charge >= 0.3 is 0 Å². The fraction of sp³-hybridized carbons (Fsp3) is 0.231. The number of nitrogens with one attached hydrogen (secondary N) is 1. The lowest BCUT2D eigenvalue weighted by Gasteiger charge is -2.36. The molecule has 1 amide bonds. The zero-order chi connectivity index (χ0) is 21.3. The molecule has 3 heterocycles. The van der Waals surface area contributed by atoms with Crippen LogP contribution in [0.5, 0.6) is 0 Å². The van der Waals surface area contributed by atoms with Gasteiger partial charge in [0.25, 0.3) is 0 Å². The minimum absolute atomic E-state index is 0.0183. The second-order valence-corrected chi connectivity index (χ2v) is 8.19. The largest absolute Gasteiger partial charge is 0.381 e. The molecule has 1 N–H and O–H groups in total. The van der Waals surface area contributed by atoms with Crippen molar-refractivity contribution in [2.24, 2.45) is 0 Å². The normalized spacial score (nSPS) is 15.6. The molecule has 5 nitrogen and oxygen atoms in total. The molecule has 2 aromatic carbocycles. The molecule has 4 aromatic rings. The Balaban J connectivity index is 1.44. The molecule has 1 aliphatic rings. The van der Waals surface area contributed by atoms with Gasteiger partial charge in [-0.15, -0.1) is 0 Å². The van der Waals surface area contributed by atoms with E-state index in [2.05, 4.69) is 24.4 Å². The minimum Gasteiger partial charge on any atom is -0.381 e. The molecule has 0 aliphatic carbocycles. The van der Waals surface area contributed by atoms with E-state index in [9.17, 15) is 4.79 Å². The van der Waals surface area contributed by atoms with Crippen LogP contribution in [0.1, 0.15) is 24.0 Å². The van der Waals surface area contributed by atoms with E-state index in [1.54, 1.807) is 0 Å². The molecule has 0 unspecified atom stereocenters. The van der Waals surface area contributed by atoms with Gasteiger partial charge in [0.15, 0.2) is 0 Å². The summed E-state index contributed by atoms with van der Waals surface area (Å²) in [6.07, 6.45) is 5.38. The maximum Gasteiger partial charge on any atom is 0.235 e. The summed E-state index contributed by atoms with van der Waals surface area (Å²) in [6, 6.07) is 22.1. The van der Waals surface area contributed by atoms with Crippen LogP contribution in [0.4, 0.5) is 5.69 Å². The molecule has 1 aliphatic heterocycles. The van der Waals surface area contributed by atoms with Crippen LogP contribution in [-0.2, 0) is 14.9 Å². The molecule has 0 bridgehead atoms. The van der Waals surface area contributed by atoms with Crippen molar-refractivity contribution in [1.29, 1.82) is 0 Å². The Morgan fingerprint density at radius 1 is 1.03 bits per heavy atom. The van der Waals surface area contributed by atoms with Crippen LogP contribution in [0.15, 0.2) is 79.1 Å². The van der Waals surface area contributed by atoms with E-state index < -0.39 is 5.41 Å². The van der Waals surface area contributed by atoms with E-state index in [4.69, 9.17) is 9.72 Å². The minimum atomic E-state index is -0.573. The standard InChI is InChI=1S/C26H25N3O2/c1-19-10-13-29-18-23(28-24(29)16-19)20-6-5-9-22(17-20)27-25(30)26(11-14-31-15-12-26)21-7-3-2-4-8-21/h2-10,13,16-18H,11-12,14-15H2,1H3,(H,27,30). The van der Waals surface area contributed by atoms with E-state index in [0.717, 1.165) is 28.2 Å². The number of aromatic nitrogens is 2. The quantitative estimate of drug-likeness (QED) is 0.514. The SMILES string of the molecule is Cc1ccn2cc(-c3cccc(NC(=O)C4(c5ccccc5)CCOCC4)c3)nc2c1. The van der Waals surface area contributed by atoms with Crippen molar-refractivity contribution < 1.29 is 9.53 Å². The molecule has 1 saturated heterocycles. The second kappa shape index (κ2) is 8.00. The molecular weight excluding hydrogens is 386 g/mol. The summed E-state index contributed by atoms with van der Waals surface area (Å²) in [4.78, 5) is 18.3. The van der Waals surface area contributed by atoms with Crippen molar-refractivity contribution in [1.82, 2.24) is 9.38 Å². The number of pyridine rings is 1. The van der Waals surface area contributed by atoms with Crippen LogP contribution in [0.2, 0.25) is 0 Å². The predicted octanol–water partition coefficient (Wildman–Crippen LogP) is 5.00. The number of rotatable bonds is 4. The molecular formula is C26H25N3O2. The Morgan fingerprint density at radius 2 is 1.84 bits per heavy atom. The molecule has 0 atom stereocenters. The van der Waals surface area contributed by atoms with Crippen LogP contribution in [0.3, 0.4) is 0 Å². The Bertz CT molecular complexity index is 1220. The van der Waals surface area contributed by atoms with Gasteiger partial charge in [0, 0.05) is 36.9 Å². The predicted molar refractivity (Wildman–Crippen MR) is 122 cm³/mol. The number of hydrogen-bond acceptors (Lipinski definition) is 3. The Kier molecular flexibility index (Phi) is 5.04. The molecule has 31 heavy (non-hydrogen) atoms. The summed E-state index contributed by atoms with van der Waals surface area (Å²) in [7, 11) is 0. The van der Waals surface area contributed by atoms with Gasteiger partial charge < -0.3 is 14.5 Å². The van der Waals surface area contributed by atoms with Crippen LogP contribution >= 0.6 is 0 Å². The molecule has 2 aromatic heterocycles. The third kappa shape index (κ3) is 3.73. The molecule has 156 valence electrons. The number of hydrogen-bond donors (Lipinski definition) is 1. The van der Waals surface area contributed by atoms with Crippen molar-refractivity contribution in [3.63, 3.8) is 0 Å². The summed E-state index contributed by atoms with van der Waals surface area (Å²) < 4.78 is 7.58. The van der Waals surface area contributed by atoms with Gasteiger partial charge in [-0.05, 0) is 55.2 Å². The number of fused-ring (bicyclic) bond motifs is 1. The van der Waals surface area contributed by atoms with Gasteiger partial charge in [-0.2, -0.15) is 0 Å². The average Bonchev–Trinajstić information content (AvgIpc) is 3.23. The highest BCUT2D eigenvalue weighted by molar-refractivity contribution is 5.99. The van der Waals surface area contributed by atoms with E-state index in [1.807, 2.05) is 71.4 Å². The Hall–Kier alpha value is -3.44. The molecule has 0 spiro atoms. The van der Waals surface area contributed by atoms with Crippen LogP contribution in [0, 0.1) is 6.92 Å². The van der Waals surface area contributed by atoms with E-state index in [1.165, 1.54) is 5.56 Å². The molecule has 1 fully saturated rings. The first kappa shape index (κ1) is 19.5. The summed E-state index contributed by atoms with van der Waals surface area (Å²) in [6.45, 7) is 3.23. The Labute approximate surface area is 181 Å². The first-order chi connectivity index (χ1) is 15.1. The first-order valence-electron chi connectivity index (χ1n) is 10.6. The van der Waals surface area contributed by atoms with Gasteiger partial charge in [0.1, 0.15) is 5.65 Å². The number of benzene rings is 2. The summed E-state index contributed by atoms with van der Waals surface area (Å²) in [5.41, 5.74) is 5.18. The highest BCUT2D eigenvalue weighted by Crippen LogP contribution is 2.36. The van der Waals surface area contributed by atoms with Gasteiger partial charge in [-0.3, -0.25) is 4.79 Å². The topological polar surface area (TPSA) is 55.6 Å². The summed E-state index contributed by atoms with van der Waals surface area (Å²) in [5, 5.41) is 3.17. The third-order valence-corrected chi connectivity index (χ3v) is 6.14. The van der Waals surface area contributed by atoms with Crippen molar-refractivity contribution in [3.05, 3.63) is 90.3 Å². The molecule has 5 heteroatoms. The van der Waals surface area contributed by atoms with Crippen molar-refractivity contribution in [2.45, 2.75) is 25.2 Å². The average molecular weight is 412 g/mol. The number of aryl methyl sites for hydroxylation is 1. The molecule has 5 rings (SSSR count). The molecule has 0 saturated carbocycles. The molecule has 0 radical (unpaired) electrons. The number of imidazole rings is 1. The number of ether oxygens (including phenoxy) is 1. The van der Waals surface area contributed by atoms with Crippen molar-refractivity contribution in [2.75, 3.05) is 18.5 Å². The maximum absolute atomic E-state index is 13.5. The van der Waals surface area contributed by atoms with Gasteiger partial charge in [0.05, 0.1) is 11.1 Å². The highest BCUT2D eigenvalue weighted by Gasteiger charge is 2.41. The second-order valence-electron chi connectivity index (χ2n) is 8.19. The number of nitrogens with zero attached hydrogens (tertiary/aromatic N) is 2. The van der Waals surface area contributed by atoms with Crippen LogP contribution in [0.25, 0.3) is 16.9 Å². The van der Waals surface area contributed by atoms with Gasteiger partial charge in [0.2, 0.25) is 5.91 Å². The monoisotopic (exact) mass is 411 g/mol. The zero-order valence-corrected chi connectivity index (χ0v) is 17.5. The number of carbonyl (C=O) groups is 1. The van der Waals surface area contributed by atoms with Crippen molar-refractivity contribution in [3.8, 4) is 11.3 Å². The van der Waals surface area contributed by atoms with E-state index in [-0.39, 0.29) is 5.91 Å². The van der Waals surface area contributed by atoms with Crippen LogP contribution in [-0.4, -0.2) is 28.5 Å². The Morgan fingerprint density at radius 3 is 2.65 bits per heavy atom. The number of amides is 1. The van der Waals surface area contributed by atoms with Crippen LogP contribution < -0.4 is 5.32 Å². The summed E-state index contributed by atoms with van der Waals surface area (Å²) >= 11 is 0. The lowest BCUT2D eigenvalue weighted by Crippen LogP contribution is -2.44. The third-order valence-electron chi connectivity index (χ3n) is 6.14. The lowest BCUT2D eigenvalue weighted by atomic mass is 9.73. The smallest absolute Gasteiger partial charge is 0.235 e. The maximum atomic E-state index is 13.5. The number of anilines is 1. The number of carbonyl (C=O) groups excluding carboxylic acids is 1. The van der Waals surface area contributed by atoms with Crippen molar-refractivity contribution >= 4 is 17.2 Å². The van der Waals surface area contributed by atoms with E-state index >= 15 is 0 Å². The van der Waals surface area contributed by atoms with Gasteiger partial charge in [-0.1, -0.05) is 42.5 Å². The lowest BCUT2D eigenvalue weighted by molar-refractivity contribution is -0.125.